The Labute approximate surface area is 117 Å². The van der Waals surface area contributed by atoms with Crippen LogP contribution in [-0.2, 0) is 12.8 Å². The van der Waals surface area contributed by atoms with Gasteiger partial charge in [0.1, 0.15) is 0 Å². The normalized spacial score (nSPS) is 19.7. The predicted octanol–water partition coefficient (Wildman–Crippen LogP) is 4.31. The topological polar surface area (TPSA) is 17.3 Å². The van der Waals surface area contributed by atoms with Gasteiger partial charge in [0.05, 0.1) is 21.7 Å². The van der Waals surface area contributed by atoms with Crippen molar-refractivity contribution in [3.8, 4) is 0 Å². The first-order chi connectivity index (χ1) is 8.86. The molecule has 1 atom stereocenters. The van der Waals surface area contributed by atoms with E-state index in [1.54, 1.807) is 10.6 Å². The van der Waals surface area contributed by atoms with E-state index in [-0.39, 0.29) is 12.8 Å². The molecule has 19 heavy (non-hydrogen) atoms. The number of aromatic nitrogens is 2. The first-order valence-electron chi connectivity index (χ1n) is 5.78. The largest absolute Gasteiger partial charge is 0.392 e. The molecule has 0 aromatic carbocycles. The van der Waals surface area contributed by atoms with E-state index in [0.29, 0.717) is 33.5 Å². The van der Waals surface area contributed by atoms with Crippen LogP contribution in [0.5, 0.6) is 0 Å². The lowest BCUT2D eigenvalue weighted by atomic mass is 9.89. The van der Waals surface area contributed by atoms with Gasteiger partial charge in [0.2, 0.25) is 0 Å². The highest BCUT2D eigenvalue weighted by molar-refractivity contribution is 6.36. The maximum Gasteiger partial charge on any atom is 0.392 e. The maximum atomic E-state index is 12.8. The average Bonchev–Trinajstić information content (AvgIpc) is 2.66. The molecule has 0 saturated carbocycles. The minimum Gasteiger partial charge on any atom is -0.301 e. The van der Waals surface area contributed by atoms with E-state index in [4.69, 9.17) is 23.2 Å². The van der Waals surface area contributed by atoms with Crippen molar-refractivity contribution in [2.24, 2.45) is 5.92 Å². The van der Waals surface area contributed by atoms with E-state index in [1.165, 1.54) is 6.07 Å². The summed E-state index contributed by atoms with van der Waals surface area (Å²) in [4.78, 5) is 4.32. The predicted molar refractivity (Wildman–Crippen MR) is 66.8 cm³/mol. The quantitative estimate of drug-likeness (QED) is 0.709. The molecular weight excluding hydrogens is 300 g/mol. The van der Waals surface area contributed by atoms with Crippen molar-refractivity contribution in [2.45, 2.75) is 25.4 Å². The zero-order valence-electron chi connectivity index (χ0n) is 9.64. The van der Waals surface area contributed by atoms with Crippen molar-refractivity contribution >= 4 is 28.8 Å². The SMILES string of the molecule is FC(F)(F)C1CCc2nc3c(Cl)cc(Cl)cn3c2C1. The highest BCUT2D eigenvalue weighted by atomic mass is 35.5. The summed E-state index contributed by atoms with van der Waals surface area (Å²) in [5.41, 5.74) is 1.72. The van der Waals surface area contributed by atoms with Crippen LogP contribution in [0.1, 0.15) is 17.8 Å². The van der Waals surface area contributed by atoms with Crippen LogP contribution < -0.4 is 0 Å². The van der Waals surface area contributed by atoms with Gasteiger partial charge in [-0.15, -0.1) is 0 Å². The molecule has 1 unspecified atom stereocenters. The van der Waals surface area contributed by atoms with Gasteiger partial charge >= 0.3 is 6.18 Å². The summed E-state index contributed by atoms with van der Waals surface area (Å²) in [6.45, 7) is 0. The van der Waals surface area contributed by atoms with E-state index >= 15 is 0 Å². The van der Waals surface area contributed by atoms with Gasteiger partial charge < -0.3 is 4.40 Å². The smallest absolute Gasteiger partial charge is 0.301 e. The average molecular weight is 309 g/mol. The molecule has 0 radical (unpaired) electrons. The van der Waals surface area contributed by atoms with Gasteiger partial charge in [0.15, 0.2) is 5.65 Å². The second-order valence-corrected chi connectivity index (χ2v) is 5.53. The fourth-order valence-electron chi connectivity index (χ4n) is 2.51. The zero-order chi connectivity index (χ0) is 13.8. The number of alkyl halides is 3. The van der Waals surface area contributed by atoms with E-state index in [9.17, 15) is 13.2 Å². The highest BCUT2D eigenvalue weighted by Gasteiger charge is 2.42. The third-order valence-corrected chi connectivity index (χ3v) is 3.94. The van der Waals surface area contributed by atoms with E-state index < -0.39 is 12.1 Å². The first-order valence-corrected chi connectivity index (χ1v) is 6.53. The summed E-state index contributed by atoms with van der Waals surface area (Å²) >= 11 is 11.9. The van der Waals surface area contributed by atoms with Gasteiger partial charge in [-0.25, -0.2) is 4.98 Å². The number of nitrogens with zero attached hydrogens (tertiary/aromatic N) is 2. The fraction of sp³-hybridized carbons (Fsp3) is 0.417. The molecule has 0 aliphatic heterocycles. The number of hydrogen-bond acceptors (Lipinski definition) is 1. The number of halogens is 5. The monoisotopic (exact) mass is 308 g/mol. The lowest BCUT2D eigenvalue weighted by Crippen LogP contribution is -2.29. The number of imidazole rings is 1. The Morgan fingerprint density at radius 3 is 2.74 bits per heavy atom. The molecule has 0 bridgehead atoms. The fourth-order valence-corrected chi connectivity index (χ4v) is 3.02. The first kappa shape index (κ1) is 13.1. The van der Waals surface area contributed by atoms with Crippen LogP contribution in [0, 0.1) is 5.92 Å². The van der Waals surface area contributed by atoms with Crippen LogP contribution in [0.4, 0.5) is 13.2 Å². The van der Waals surface area contributed by atoms with Crippen molar-refractivity contribution in [3.05, 3.63) is 33.7 Å². The highest BCUT2D eigenvalue weighted by Crippen LogP contribution is 2.38. The molecule has 1 aliphatic carbocycles. The summed E-state index contributed by atoms with van der Waals surface area (Å²) in [5, 5.41) is 0.734. The Hall–Kier alpha value is -0.940. The number of hydrogen-bond donors (Lipinski definition) is 0. The van der Waals surface area contributed by atoms with Crippen molar-refractivity contribution in [2.75, 3.05) is 0 Å². The Balaban J connectivity index is 2.13. The number of aryl methyl sites for hydroxylation is 1. The van der Waals surface area contributed by atoms with Crippen molar-refractivity contribution in [1.29, 1.82) is 0 Å². The summed E-state index contributed by atoms with van der Waals surface area (Å²) < 4.78 is 40.0. The van der Waals surface area contributed by atoms with Gasteiger partial charge in [0.25, 0.3) is 0 Å². The van der Waals surface area contributed by atoms with Crippen LogP contribution >= 0.6 is 23.2 Å². The molecule has 3 rings (SSSR count). The zero-order valence-corrected chi connectivity index (χ0v) is 11.1. The maximum absolute atomic E-state index is 12.8. The van der Waals surface area contributed by atoms with Gasteiger partial charge in [-0.3, -0.25) is 0 Å². The molecule has 2 nitrogen and oxygen atoms in total. The van der Waals surface area contributed by atoms with Gasteiger partial charge in [-0.05, 0) is 18.9 Å². The minimum absolute atomic E-state index is 0.0727. The van der Waals surface area contributed by atoms with E-state index in [2.05, 4.69) is 4.98 Å². The Kier molecular flexibility index (Phi) is 2.94. The second-order valence-electron chi connectivity index (χ2n) is 4.69. The van der Waals surface area contributed by atoms with Crippen molar-refractivity contribution in [3.63, 3.8) is 0 Å². The van der Waals surface area contributed by atoms with Crippen LogP contribution in [0.3, 0.4) is 0 Å². The second kappa shape index (κ2) is 4.28. The standard InChI is InChI=1S/C12H9Cl2F3N2/c13-7-4-8(14)11-18-9-2-1-6(12(15,16)17)3-10(9)19(11)5-7/h4-6H,1-3H2. The molecule has 7 heteroatoms. The number of rotatable bonds is 0. The number of fused-ring (bicyclic) bond motifs is 3. The summed E-state index contributed by atoms with van der Waals surface area (Å²) in [7, 11) is 0. The minimum atomic E-state index is -4.18. The van der Waals surface area contributed by atoms with Crippen LogP contribution in [0.25, 0.3) is 5.65 Å². The molecule has 2 aromatic heterocycles. The summed E-state index contributed by atoms with van der Waals surface area (Å²) in [6.07, 6.45) is -2.30. The van der Waals surface area contributed by atoms with E-state index in [0.717, 1.165) is 0 Å². The molecule has 0 N–H and O–H groups in total. The Bertz CT molecular complexity index is 648. The molecule has 0 saturated heterocycles. The Morgan fingerprint density at radius 1 is 1.32 bits per heavy atom. The molecule has 0 spiro atoms. The van der Waals surface area contributed by atoms with Crippen LogP contribution in [0.15, 0.2) is 12.3 Å². The molecule has 2 heterocycles. The molecule has 0 amide bonds. The van der Waals surface area contributed by atoms with Gasteiger partial charge in [0, 0.05) is 18.3 Å². The molecular formula is C12H9Cl2F3N2. The third kappa shape index (κ3) is 2.19. The van der Waals surface area contributed by atoms with Gasteiger partial charge in [-0.1, -0.05) is 23.2 Å². The molecule has 0 fully saturated rings. The lowest BCUT2D eigenvalue weighted by Gasteiger charge is -2.24. The van der Waals surface area contributed by atoms with Crippen molar-refractivity contribution < 1.29 is 13.2 Å². The van der Waals surface area contributed by atoms with Crippen molar-refractivity contribution in [1.82, 2.24) is 9.38 Å². The third-order valence-electron chi connectivity index (χ3n) is 3.46. The molecule has 2 aromatic rings. The molecule has 102 valence electrons. The summed E-state index contributed by atoms with van der Waals surface area (Å²) in [5.74, 6) is -1.32. The Morgan fingerprint density at radius 2 is 2.05 bits per heavy atom. The number of pyridine rings is 1. The van der Waals surface area contributed by atoms with E-state index in [1.807, 2.05) is 0 Å². The summed E-state index contributed by atoms with van der Waals surface area (Å²) in [6, 6.07) is 1.54. The van der Waals surface area contributed by atoms with Crippen LogP contribution in [0.2, 0.25) is 10.0 Å². The van der Waals surface area contributed by atoms with Crippen LogP contribution in [-0.4, -0.2) is 15.6 Å². The molecule has 1 aliphatic rings. The van der Waals surface area contributed by atoms with Gasteiger partial charge in [-0.2, -0.15) is 13.2 Å². The lowest BCUT2D eigenvalue weighted by molar-refractivity contribution is -0.177.